The minimum atomic E-state index is 0.493. The van der Waals surface area contributed by atoms with Crippen LogP contribution in [0.3, 0.4) is 0 Å². The number of rotatable bonds is 9. The second kappa shape index (κ2) is 29.9. The molecule has 0 radical (unpaired) electrons. The van der Waals surface area contributed by atoms with Gasteiger partial charge >= 0.3 is 0 Å². The number of hydrogen-bond donors (Lipinski definition) is 0. The predicted molar refractivity (Wildman–Crippen MR) is 295 cm³/mol. The van der Waals surface area contributed by atoms with Crippen LogP contribution in [0.2, 0.25) is 0 Å². The van der Waals surface area contributed by atoms with E-state index in [2.05, 4.69) is 233 Å². The van der Waals surface area contributed by atoms with Crippen LogP contribution in [0.5, 0.6) is 0 Å². The van der Waals surface area contributed by atoms with Crippen LogP contribution in [0.4, 0.5) is 0 Å². The normalized spacial score (nSPS) is 12.9. The van der Waals surface area contributed by atoms with Gasteiger partial charge in [0.2, 0.25) is 0 Å². The maximum Gasteiger partial charge on any atom is 0.0342 e. The van der Waals surface area contributed by atoms with Crippen LogP contribution >= 0.6 is 0 Å². The van der Waals surface area contributed by atoms with E-state index in [1.165, 1.54) is 77.9 Å². The minimum Gasteiger partial charge on any atom is -0.211 e. The van der Waals surface area contributed by atoms with Gasteiger partial charge in [-0.25, -0.2) is 4.99 Å². The maximum absolute atomic E-state index is 4.93. The Bertz CT molecular complexity index is 2750. The number of nitrogens with zero attached hydrogens (tertiary/aromatic N) is 1. The van der Waals surface area contributed by atoms with Gasteiger partial charge in [0.1, 0.15) is 0 Å². The lowest BCUT2D eigenvalue weighted by Crippen LogP contribution is -1.98. The average Bonchev–Trinajstić information content (AvgIpc) is 3.77. The second-order valence-electron chi connectivity index (χ2n) is 16.3. The second-order valence-corrected chi connectivity index (χ2v) is 16.3. The van der Waals surface area contributed by atoms with Crippen molar-refractivity contribution in [1.82, 2.24) is 0 Å². The Labute approximate surface area is 404 Å². The average molecular weight is 876 g/mol. The Hall–Kier alpha value is -7.41. The molecule has 2 aliphatic rings. The summed E-state index contributed by atoms with van der Waals surface area (Å²) in [6.45, 7) is 14.6. The quantitative estimate of drug-likeness (QED) is 0.0593. The highest BCUT2D eigenvalue weighted by Crippen LogP contribution is 2.42. The first-order chi connectivity index (χ1) is 32.8. The van der Waals surface area contributed by atoms with Crippen LogP contribution in [0.15, 0.2) is 210 Å². The van der Waals surface area contributed by atoms with Crippen LogP contribution in [0.25, 0.3) is 39.0 Å². The zero-order valence-electron chi connectivity index (χ0n) is 41.0. The molecular weight excluding hydrogens is 807 g/mol. The molecule has 0 fully saturated rings. The Balaban J connectivity index is 0.000000206. The fraction of sp³-hybridized carbons (Fsp3) is 0.212. The van der Waals surface area contributed by atoms with Crippen LogP contribution in [0, 0.1) is 31.7 Å². The number of hydrogen-bond acceptors (Lipinski definition) is 1. The number of unbranched alkanes of at least 4 members (excludes halogenated alkanes) is 1. The largest absolute Gasteiger partial charge is 0.211 e. The lowest BCUT2D eigenvalue weighted by molar-refractivity contribution is 0.845. The SMILES string of the molecule is C#CCC=C=CC.C#CN=CCCC.C/C=C\C(=C/C)c1cccc(-c2ccccc2)c1.CC1=CCC(c2cccc(-c3cccc4c3Cc3ccccc3-4)c2)C=C1.CCc1ccc(C)cc1. The summed E-state index contributed by atoms with van der Waals surface area (Å²) in [5.74, 6) is 2.96. The molecule has 67 heavy (non-hydrogen) atoms. The first-order valence-corrected chi connectivity index (χ1v) is 23.7. The van der Waals surface area contributed by atoms with E-state index in [-0.39, 0.29) is 0 Å². The van der Waals surface area contributed by atoms with Crippen LogP contribution in [-0.2, 0) is 12.8 Å². The highest BCUT2D eigenvalue weighted by molar-refractivity contribution is 5.85. The van der Waals surface area contributed by atoms with Gasteiger partial charge in [0.25, 0.3) is 0 Å². The van der Waals surface area contributed by atoms with Crippen molar-refractivity contribution in [2.45, 2.75) is 92.9 Å². The molecule has 0 heterocycles. The molecule has 0 aromatic heterocycles. The third-order valence-electron chi connectivity index (χ3n) is 11.3. The number of aryl methyl sites for hydroxylation is 2. The van der Waals surface area contributed by atoms with E-state index in [0.717, 1.165) is 32.1 Å². The summed E-state index contributed by atoms with van der Waals surface area (Å²) in [5.41, 5.74) is 21.9. The first-order valence-electron chi connectivity index (χ1n) is 23.7. The number of benzene rings is 6. The van der Waals surface area contributed by atoms with Crippen LogP contribution < -0.4 is 0 Å². The molecule has 0 spiro atoms. The summed E-state index contributed by atoms with van der Waals surface area (Å²) in [6, 6.07) is 54.7. The van der Waals surface area contributed by atoms with Crippen LogP contribution in [-0.4, -0.2) is 6.21 Å². The maximum atomic E-state index is 4.93. The van der Waals surface area contributed by atoms with Gasteiger partial charge in [0.15, 0.2) is 0 Å². The lowest BCUT2D eigenvalue weighted by Gasteiger charge is -2.17. The molecule has 0 N–H and O–H groups in total. The number of fused-ring (bicyclic) bond motifs is 3. The zero-order chi connectivity index (χ0) is 48.1. The molecule has 1 nitrogen and oxygen atoms in total. The van der Waals surface area contributed by atoms with Gasteiger partial charge in [0, 0.05) is 24.6 Å². The smallest absolute Gasteiger partial charge is 0.0342 e. The molecule has 0 amide bonds. The zero-order valence-corrected chi connectivity index (χ0v) is 41.0. The monoisotopic (exact) mass is 876 g/mol. The fourth-order valence-electron chi connectivity index (χ4n) is 7.69. The summed E-state index contributed by atoms with van der Waals surface area (Å²) in [4.78, 5) is 3.56. The minimum absolute atomic E-state index is 0.493. The van der Waals surface area contributed by atoms with Gasteiger partial charge in [-0.05, 0) is 145 Å². The van der Waals surface area contributed by atoms with E-state index in [0.29, 0.717) is 12.3 Å². The Morgan fingerprint density at radius 1 is 0.716 bits per heavy atom. The van der Waals surface area contributed by atoms with E-state index in [4.69, 9.17) is 12.8 Å². The molecule has 0 saturated heterocycles. The van der Waals surface area contributed by atoms with Crippen molar-refractivity contribution in [3.05, 3.63) is 239 Å². The van der Waals surface area contributed by atoms with E-state index < -0.39 is 0 Å². The highest BCUT2D eigenvalue weighted by atomic mass is 14.6. The Kier molecular flexibility index (Phi) is 23.3. The van der Waals surface area contributed by atoms with Crippen molar-refractivity contribution >= 4 is 11.8 Å². The van der Waals surface area contributed by atoms with E-state index in [9.17, 15) is 0 Å². The summed E-state index contributed by atoms with van der Waals surface area (Å²) in [5, 5.41) is 0. The van der Waals surface area contributed by atoms with Gasteiger partial charge in [0.05, 0.1) is 0 Å². The molecule has 1 atom stereocenters. The third-order valence-corrected chi connectivity index (χ3v) is 11.3. The molecule has 1 unspecified atom stereocenters. The Morgan fingerprint density at radius 3 is 2.07 bits per heavy atom. The molecule has 6 aromatic carbocycles. The highest BCUT2D eigenvalue weighted by Gasteiger charge is 2.21. The molecule has 2 aliphatic carbocycles. The van der Waals surface area contributed by atoms with Crippen molar-refractivity contribution in [1.29, 1.82) is 0 Å². The van der Waals surface area contributed by atoms with Crippen molar-refractivity contribution in [3.63, 3.8) is 0 Å². The summed E-state index contributed by atoms with van der Waals surface area (Å²) in [7, 11) is 0. The van der Waals surface area contributed by atoms with Gasteiger partial charge in [-0.2, -0.15) is 0 Å². The fourth-order valence-corrected chi connectivity index (χ4v) is 7.69. The lowest BCUT2D eigenvalue weighted by atomic mass is 9.88. The third kappa shape index (κ3) is 17.2. The number of allylic oxidation sites excluding steroid dienone is 9. The number of terminal acetylenes is 2. The van der Waals surface area contributed by atoms with Gasteiger partial charge in [-0.15, -0.1) is 18.1 Å². The predicted octanol–water partition coefficient (Wildman–Crippen LogP) is 18.0. The summed E-state index contributed by atoms with van der Waals surface area (Å²) in [6.07, 6.45) is 34.5. The van der Waals surface area contributed by atoms with E-state index in [1.807, 2.05) is 32.1 Å². The standard InChI is InChI=1S/C26H22.C18H18.C9H12.C7H8.C6H9N/c1-18-12-14-19(15-13-18)20-7-4-8-21(16-20)24-10-5-11-25-23-9-3-2-6-22(23)17-26(24)25;1-3-9-15(4-2)17-12-8-13-18(14-17)16-10-6-5-7-11-16;1-3-9-6-4-8(2)5-7-9;1-3-5-7-6-4-2;1-3-5-6-7-4-2/h2-14,16,19H,15,17H2,1H3;3-14H,1-2H3;4-7H,3H2,1-2H3;1,4,7H,5H2,2H3;2,6H,3,5H2,1H3/b;9-3-,15-4+;;;. The topological polar surface area (TPSA) is 12.4 Å². The van der Waals surface area contributed by atoms with Gasteiger partial charge in [-0.3, -0.25) is 0 Å². The molecule has 0 aliphatic heterocycles. The van der Waals surface area contributed by atoms with Gasteiger partial charge < -0.3 is 0 Å². The molecule has 0 bridgehead atoms. The van der Waals surface area contributed by atoms with Crippen molar-refractivity contribution < 1.29 is 0 Å². The number of aliphatic imine (C=N–C) groups is 1. The molecule has 0 saturated carbocycles. The van der Waals surface area contributed by atoms with Crippen molar-refractivity contribution in [2.24, 2.45) is 4.99 Å². The first kappa shape index (κ1) is 52.2. The van der Waals surface area contributed by atoms with Crippen molar-refractivity contribution in [3.8, 4) is 58.2 Å². The van der Waals surface area contributed by atoms with E-state index >= 15 is 0 Å². The molecule has 1 heteroatoms. The molecule has 338 valence electrons. The summed E-state index contributed by atoms with van der Waals surface area (Å²) >= 11 is 0. The summed E-state index contributed by atoms with van der Waals surface area (Å²) < 4.78 is 0. The van der Waals surface area contributed by atoms with Crippen molar-refractivity contribution in [2.75, 3.05) is 0 Å². The van der Waals surface area contributed by atoms with Crippen LogP contribution in [0.1, 0.15) is 107 Å². The van der Waals surface area contributed by atoms with Gasteiger partial charge in [-0.1, -0.05) is 214 Å². The molecule has 8 rings (SSSR count). The molecular formula is C66H69N. The van der Waals surface area contributed by atoms with E-state index in [1.54, 1.807) is 6.21 Å². The molecule has 6 aromatic rings. The Morgan fingerprint density at radius 2 is 1.40 bits per heavy atom.